The van der Waals surface area contributed by atoms with Crippen molar-refractivity contribution in [2.45, 2.75) is 31.7 Å². The van der Waals surface area contributed by atoms with Crippen LogP contribution in [-0.4, -0.2) is 17.6 Å². The molecule has 2 heterocycles. The zero-order valence-electron chi connectivity index (χ0n) is 11.0. The molecule has 1 aliphatic carbocycles. The molecular weight excluding hydrogens is 234 g/mol. The first-order valence-corrected chi connectivity index (χ1v) is 7.30. The summed E-state index contributed by atoms with van der Waals surface area (Å²) in [6.07, 6.45) is 7.33. The summed E-state index contributed by atoms with van der Waals surface area (Å²) < 4.78 is 0. The third kappa shape index (κ3) is 1.84. The molecule has 2 aromatic rings. The maximum atomic E-state index is 4.55. The lowest BCUT2D eigenvalue weighted by molar-refractivity contribution is 0.342. The Morgan fingerprint density at radius 2 is 2.00 bits per heavy atom. The van der Waals surface area contributed by atoms with Gasteiger partial charge in [-0.05, 0) is 24.8 Å². The van der Waals surface area contributed by atoms with Crippen molar-refractivity contribution in [1.82, 2.24) is 4.98 Å². The third-order valence-corrected chi connectivity index (χ3v) is 4.57. The van der Waals surface area contributed by atoms with Crippen LogP contribution in [-0.2, 0) is 0 Å². The average molecular weight is 253 g/mol. The summed E-state index contributed by atoms with van der Waals surface area (Å²) in [5, 5.41) is 8.63. The van der Waals surface area contributed by atoms with E-state index in [9.17, 15) is 0 Å². The van der Waals surface area contributed by atoms with Gasteiger partial charge in [-0.2, -0.15) is 0 Å². The Bertz CT molecular complexity index is 608. The van der Waals surface area contributed by atoms with Crippen LogP contribution in [0.25, 0.3) is 10.9 Å². The topological polar surface area (TPSA) is 37.0 Å². The first-order chi connectivity index (χ1) is 9.42. The van der Waals surface area contributed by atoms with Crippen LogP contribution in [0.15, 0.2) is 30.5 Å². The van der Waals surface area contributed by atoms with E-state index < -0.39 is 0 Å². The summed E-state index contributed by atoms with van der Waals surface area (Å²) in [6, 6.07) is 9.01. The number of anilines is 2. The Hall–Kier alpha value is -1.77. The van der Waals surface area contributed by atoms with E-state index in [2.05, 4.69) is 39.9 Å². The molecule has 98 valence electrons. The summed E-state index contributed by atoms with van der Waals surface area (Å²) in [5.74, 6) is 0.750. The number of hydrogen-bond donors (Lipinski definition) is 2. The number of benzene rings is 1. The second-order valence-electron chi connectivity index (χ2n) is 5.74. The Morgan fingerprint density at radius 1 is 1.11 bits per heavy atom. The molecule has 4 rings (SSSR count). The zero-order valence-corrected chi connectivity index (χ0v) is 11.0. The van der Waals surface area contributed by atoms with E-state index in [4.69, 9.17) is 0 Å². The van der Waals surface area contributed by atoms with Crippen LogP contribution in [0.2, 0.25) is 0 Å². The first kappa shape index (κ1) is 11.1. The van der Waals surface area contributed by atoms with Gasteiger partial charge in [0.2, 0.25) is 0 Å². The predicted octanol–water partition coefficient (Wildman–Crippen LogP) is 3.63. The SMILES string of the molecule is c1ccc2c3c(cnc2c1)NCC1CCCCC1N3. The molecule has 2 atom stereocenters. The van der Waals surface area contributed by atoms with E-state index >= 15 is 0 Å². The van der Waals surface area contributed by atoms with Crippen molar-refractivity contribution in [3.63, 3.8) is 0 Å². The van der Waals surface area contributed by atoms with E-state index in [0.717, 1.165) is 23.7 Å². The van der Waals surface area contributed by atoms with Gasteiger partial charge in [-0.3, -0.25) is 4.98 Å². The Kier molecular flexibility index (Phi) is 2.57. The van der Waals surface area contributed by atoms with Crippen molar-refractivity contribution in [3.8, 4) is 0 Å². The maximum absolute atomic E-state index is 4.55. The molecule has 1 saturated carbocycles. The quantitative estimate of drug-likeness (QED) is 0.752. The summed E-state index contributed by atoms with van der Waals surface area (Å²) >= 11 is 0. The van der Waals surface area contributed by atoms with E-state index in [1.54, 1.807) is 0 Å². The molecule has 19 heavy (non-hydrogen) atoms. The largest absolute Gasteiger partial charge is 0.382 e. The van der Waals surface area contributed by atoms with E-state index in [-0.39, 0.29) is 0 Å². The van der Waals surface area contributed by atoms with Crippen LogP contribution in [0, 0.1) is 5.92 Å². The molecule has 2 unspecified atom stereocenters. The van der Waals surface area contributed by atoms with Gasteiger partial charge in [-0.25, -0.2) is 0 Å². The van der Waals surface area contributed by atoms with Crippen molar-refractivity contribution >= 4 is 22.3 Å². The average Bonchev–Trinajstić information content (AvgIpc) is 2.66. The second-order valence-corrected chi connectivity index (χ2v) is 5.74. The standard InChI is InChI=1S/C16H19N3/c1-3-7-13-11(5-1)9-17-15-10-18-14-8-4-2-6-12(14)16(15)19-13/h2,4,6,8,10-11,13,17,19H,1,3,5,7,9H2. The summed E-state index contributed by atoms with van der Waals surface area (Å²) in [4.78, 5) is 4.55. The Balaban J connectivity index is 1.82. The van der Waals surface area contributed by atoms with Gasteiger partial charge in [0.25, 0.3) is 0 Å². The highest BCUT2D eigenvalue weighted by Crippen LogP contribution is 2.37. The fourth-order valence-electron chi connectivity index (χ4n) is 3.50. The molecule has 0 spiro atoms. The van der Waals surface area contributed by atoms with Crippen LogP contribution in [0.1, 0.15) is 25.7 Å². The highest BCUT2D eigenvalue weighted by atomic mass is 15.0. The van der Waals surface area contributed by atoms with Crippen LogP contribution in [0.4, 0.5) is 11.4 Å². The van der Waals surface area contributed by atoms with Crippen LogP contribution >= 0.6 is 0 Å². The minimum absolute atomic E-state index is 0.619. The van der Waals surface area contributed by atoms with Gasteiger partial charge in [-0.15, -0.1) is 0 Å². The molecule has 2 N–H and O–H groups in total. The van der Waals surface area contributed by atoms with Crippen molar-refractivity contribution in [1.29, 1.82) is 0 Å². The number of hydrogen-bond acceptors (Lipinski definition) is 3. The lowest BCUT2D eigenvalue weighted by Gasteiger charge is -2.30. The monoisotopic (exact) mass is 253 g/mol. The summed E-state index contributed by atoms with van der Waals surface area (Å²) in [6.45, 7) is 1.07. The number of fused-ring (bicyclic) bond motifs is 4. The number of rotatable bonds is 0. The van der Waals surface area contributed by atoms with Gasteiger partial charge in [-0.1, -0.05) is 31.0 Å². The smallest absolute Gasteiger partial charge is 0.0769 e. The Labute approximate surface area is 113 Å². The Morgan fingerprint density at radius 3 is 3.00 bits per heavy atom. The lowest BCUT2D eigenvalue weighted by atomic mass is 9.84. The molecule has 1 aliphatic heterocycles. The van der Waals surface area contributed by atoms with Gasteiger partial charge in [0.1, 0.15) is 0 Å². The molecule has 3 nitrogen and oxygen atoms in total. The first-order valence-electron chi connectivity index (χ1n) is 7.30. The van der Waals surface area contributed by atoms with Gasteiger partial charge in [0.05, 0.1) is 23.1 Å². The van der Waals surface area contributed by atoms with Crippen molar-refractivity contribution < 1.29 is 0 Å². The van der Waals surface area contributed by atoms with Crippen LogP contribution in [0.3, 0.4) is 0 Å². The molecule has 0 amide bonds. The summed E-state index contributed by atoms with van der Waals surface area (Å²) in [5.41, 5.74) is 3.48. The minimum atomic E-state index is 0.619. The predicted molar refractivity (Wildman–Crippen MR) is 79.6 cm³/mol. The molecule has 1 aromatic heterocycles. The van der Waals surface area contributed by atoms with Crippen LogP contribution < -0.4 is 10.6 Å². The molecule has 1 fully saturated rings. The normalized spacial score (nSPS) is 25.7. The summed E-state index contributed by atoms with van der Waals surface area (Å²) in [7, 11) is 0. The molecule has 0 radical (unpaired) electrons. The zero-order chi connectivity index (χ0) is 12.7. The fraction of sp³-hybridized carbons (Fsp3) is 0.438. The van der Waals surface area contributed by atoms with Crippen molar-refractivity contribution in [2.75, 3.05) is 17.2 Å². The molecule has 0 saturated heterocycles. The fourth-order valence-corrected chi connectivity index (χ4v) is 3.50. The van der Waals surface area contributed by atoms with Crippen molar-refractivity contribution in [2.24, 2.45) is 5.92 Å². The van der Waals surface area contributed by atoms with Crippen molar-refractivity contribution in [3.05, 3.63) is 30.5 Å². The van der Waals surface area contributed by atoms with E-state index in [1.165, 1.54) is 36.8 Å². The van der Waals surface area contributed by atoms with Gasteiger partial charge in [0.15, 0.2) is 0 Å². The highest BCUT2D eigenvalue weighted by Gasteiger charge is 2.28. The lowest BCUT2D eigenvalue weighted by Crippen LogP contribution is -2.34. The van der Waals surface area contributed by atoms with Gasteiger partial charge in [0, 0.05) is 18.0 Å². The molecular formula is C16H19N3. The number of pyridine rings is 1. The molecule has 1 aromatic carbocycles. The van der Waals surface area contributed by atoms with E-state index in [1.807, 2.05) is 6.20 Å². The van der Waals surface area contributed by atoms with Gasteiger partial charge >= 0.3 is 0 Å². The number of aromatic nitrogens is 1. The molecule has 0 bridgehead atoms. The second kappa shape index (κ2) is 4.41. The highest BCUT2D eigenvalue weighted by molar-refractivity contribution is 5.97. The number of nitrogens with zero attached hydrogens (tertiary/aromatic N) is 1. The minimum Gasteiger partial charge on any atom is -0.382 e. The van der Waals surface area contributed by atoms with E-state index in [0.29, 0.717) is 6.04 Å². The maximum Gasteiger partial charge on any atom is 0.0769 e. The number of para-hydroxylation sites is 1. The molecule has 2 aliphatic rings. The third-order valence-electron chi connectivity index (χ3n) is 4.57. The van der Waals surface area contributed by atoms with Crippen LogP contribution in [0.5, 0.6) is 0 Å². The van der Waals surface area contributed by atoms with Gasteiger partial charge < -0.3 is 10.6 Å². The number of nitrogens with one attached hydrogen (secondary N) is 2. The molecule has 3 heteroatoms.